The maximum atomic E-state index is 11.8. The lowest BCUT2D eigenvalue weighted by Gasteiger charge is -2.35. The van der Waals surface area contributed by atoms with Crippen molar-refractivity contribution in [1.82, 2.24) is 15.1 Å². The molecule has 2 amide bonds. The summed E-state index contributed by atoms with van der Waals surface area (Å²) >= 11 is 0. The van der Waals surface area contributed by atoms with Gasteiger partial charge in [-0.1, -0.05) is 36.4 Å². The summed E-state index contributed by atoms with van der Waals surface area (Å²) in [4.78, 5) is 18.7. The van der Waals surface area contributed by atoms with E-state index in [0.717, 1.165) is 50.7 Å². The van der Waals surface area contributed by atoms with Crippen LogP contribution in [0.4, 0.5) is 10.5 Å². The Bertz CT molecular complexity index is 866. The van der Waals surface area contributed by atoms with E-state index in [1.165, 1.54) is 42.6 Å². The Hall–Kier alpha value is -2.37. The van der Waals surface area contributed by atoms with Crippen LogP contribution in [0.2, 0.25) is 0 Å². The van der Waals surface area contributed by atoms with E-state index in [1.54, 1.807) is 4.90 Å². The summed E-state index contributed by atoms with van der Waals surface area (Å²) in [7, 11) is 2.23. The molecule has 1 unspecified atom stereocenters. The number of carbonyl (C=O) groups excluding carboxylic acids is 1. The number of benzene rings is 2. The monoisotopic (exact) mass is 420 g/mol. The molecule has 0 aromatic heterocycles. The number of rotatable bonds is 8. The molecule has 2 heterocycles. The first-order valence-electron chi connectivity index (χ1n) is 11.7. The van der Waals surface area contributed by atoms with Crippen LogP contribution in [0.5, 0.6) is 0 Å². The number of likely N-dealkylation sites (tertiary alicyclic amines) is 1. The van der Waals surface area contributed by atoms with Crippen LogP contribution in [-0.4, -0.2) is 62.1 Å². The van der Waals surface area contributed by atoms with Crippen molar-refractivity contribution in [2.75, 3.05) is 51.2 Å². The van der Waals surface area contributed by atoms with Gasteiger partial charge in [0.15, 0.2) is 0 Å². The van der Waals surface area contributed by atoms with Crippen LogP contribution < -0.4 is 10.2 Å². The van der Waals surface area contributed by atoms with Crippen molar-refractivity contribution in [3.8, 4) is 0 Å². The number of nitrogens with one attached hydrogen (secondary N) is 1. The molecule has 1 N–H and O–H groups in total. The number of piperidine rings is 1. The van der Waals surface area contributed by atoms with Gasteiger partial charge >= 0.3 is 6.03 Å². The first-order chi connectivity index (χ1) is 15.1. The van der Waals surface area contributed by atoms with E-state index in [9.17, 15) is 4.79 Å². The fraction of sp³-hybridized carbons (Fsp3) is 0.500. The average molecular weight is 421 g/mol. The molecule has 0 spiro atoms. The molecule has 0 aliphatic carbocycles. The zero-order valence-corrected chi connectivity index (χ0v) is 19.0. The normalized spacial score (nSPS) is 19.8. The second kappa shape index (κ2) is 10.3. The van der Waals surface area contributed by atoms with Crippen molar-refractivity contribution in [2.45, 2.75) is 32.7 Å². The van der Waals surface area contributed by atoms with Gasteiger partial charge in [-0.25, -0.2) is 4.79 Å². The lowest BCUT2D eigenvalue weighted by atomic mass is 9.96. The number of carbonyl (C=O) groups is 1. The molecule has 31 heavy (non-hydrogen) atoms. The zero-order valence-electron chi connectivity index (χ0n) is 19.0. The number of amides is 2. The van der Waals surface area contributed by atoms with E-state index in [-0.39, 0.29) is 6.03 Å². The zero-order chi connectivity index (χ0) is 21.6. The van der Waals surface area contributed by atoms with Crippen molar-refractivity contribution in [3.63, 3.8) is 0 Å². The summed E-state index contributed by atoms with van der Waals surface area (Å²) in [6, 6.07) is 17.2. The molecule has 5 heteroatoms. The molecular weight excluding hydrogens is 384 g/mol. The highest BCUT2D eigenvalue weighted by atomic mass is 16.2. The molecule has 2 aromatic carbocycles. The Balaban J connectivity index is 1.24. The van der Waals surface area contributed by atoms with Gasteiger partial charge in [0.1, 0.15) is 0 Å². The SMILES string of the molecule is Cc1ccccc1CCN1CCCC(CN(C)Cc2ccc(N3CCNC3=O)cc2)C1. The van der Waals surface area contributed by atoms with E-state index in [1.807, 2.05) is 0 Å². The summed E-state index contributed by atoms with van der Waals surface area (Å²) < 4.78 is 0. The molecule has 0 saturated carbocycles. The molecule has 1 atom stereocenters. The van der Waals surface area contributed by atoms with E-state index in [0.29, 0.717) is 0 Å². The number of urea groups is 1. The Kier molecular flexibility index (Phi) is 7.25. The van der Waals surface area contributed by atoms with E-state index < -0.39 is 0 Å². The predicted octanol–water partition coefficient (Wildman–Crippen LogP) is 3.91. The van der Waals surface area contributed by atoms with Crippen LogP contribution in [0.15, 0.2) is 48.5 Å². The highest BCUT2D eigenvalue weighted by Gasteiger charge is 2.22. The van der Waals surface area contributed by atoms with Crippen LogP contribution in [0.1, 0.15) is 29.5 Å². The fourth-order valence-corrected chi connectivity index (χ4v) is 4.99. The van der Waals surface area contributed by atoms with Gasteiger partial charge in [0.25, 0.3) is 0 Å². The molecular formula is C26H36N4O. The summed E-state index contributed by atoms with van der Waals surface area (Å²) in [5.41, 5.74) is 5.18. The van der Waals surface area contributed by atoms with Crippen LogP contribution >= 0.6 is 0 Å². The minimum atomic E-state index is 0.00847. The molecule has 2 aliphatic heterocycles. The molecule has 2 aromatic rings. The first kappa shape index (κ1) is 21.8. The summed E-state index contributed by atoms with van der Waals surface area (Å²) in [5.74, 6) is 0.739. The summed E-state index contributed by atoms with van der Waals surface area (Å²) in [6.45, 7) is 9.39. The maximum absolute atomic E-state index is 11.8. The predicted molar refractivity (Wildman–Crippen MR) is 128 cm³/mol. The fourth-order valence-electron chi connectivity index (χ4n) is 4.99. The van der Waals surface area contributed by atoms with Gasteiger partial charge in [0, 0.05) is 45.0 Å². The third kappa shape index (κ3) is 5.86. The van der Waals surface area contributed by atoms with Gasteiger partial charge in [-0.3, -0.25) is 4.90 Å². The third-order valence-corrected chi connectivity index (χ3v) is 6.69. The summed E-state index contributed by atoms with van der Waals surface area (Å²) in [6.07, 6.45) is 3.78. The molecule has 2 fully saturated rings. The molecule has 166 valence electrons. The van der Waals surface area contributed by atoms with Gasteiger partial charge in [-0.15, -0.1) is 0 Å². The molecule has 2 aliphatic rings. The van der Waals surface area contributed by atoms with Gasteiger partial charge in [-0.2, -0.15) is 0 Å². The van der Waals surface area contributed by atoms with Crippen LogP contribution in [0.3, 0.4) is 0 Å². The second-order valence-electron chi connectivity index (χ2n) is 9.23. The lowest BCUT2D eigenvalue weighted by molar-refractivity contribution is 0.142. The Labute approximate surface area is 187 Å². The Morgan fingerprint density at radius 3 is 2.65 bits per heavy atom. The minimum absolute atomic E-state index is 0.00847. The van der Waals surface area contributed by atoms with Crippen molar-refractivity contribution in [1.29, 1.82) is 0 Å². The Morgan fingerprint density at radius 2 is 1.90 bits per heavy atom. The number of aryl methyl sites for hydroxylation is 1. The topological polar surface area (TPSA) is 38.8 Å². The second-order valence-corrected chi connectivity index (χ2v) is 9.23. The minimum Gasteiger partial charge on any atom is -0.336 e. The maximum Gasteiger partial charge on any atom is 0.321 e. The van der Waals surface area contributed by atoms with E-state index >= 15 is 0 Å². The lowest BCUT2D eigenvalue weighted by Crippen LogP contribution is -2.40. The van der Waals surface area contributed by atoms with Gasteiger partial charge in [0.05, 0.1) is 0 Å². The first-order valence-corrected chi connectivity index (χ1v) is 11.7. The molecule has 0 bridgehead atoms. The standard InChI is InChI=1S/C26H36N4O/c1-21-6-3-4-8-24(21)13-16-29-15-5-7-23(20-29)19-28(2)18-22-9-11-25(12-10-22)30-17-14-27-26(30)31/h3-4,6,8-12,23H,5,7,13-20H2,1-2H3,(H,27,31). The van der Waals surface area contributed by atoms with E-state index in [4.69, 9.17) is 0 Å². The number of hydrogen-bond donors (Lipinski definition) is 1. The largest absolute Gasteiger partial charge is 0.336 e. The van der Waals surface area contributed by atoms with Gasteiger partial charge in [0.2, 0.25) is 0 Å². The highest BCUT2D eigenvalue weighted by Crippen LogP contribution is 2.21. The molecule has 5 nitrogen and oxygen atoms in total. The molecule has 0 radical (unpaired) electrons. The van der Waals surface area contributed by atoms with Crippen molar-refractivity contribution in [2.24, 2.45) is 5.92 Å². The van der Waals surface area contributed by atoms with Crippen LogP contribution in [0.25, 0.3) is 0 Å². The third-order valence-electron chi connectivity index (χ3n) is 6.69. The van der Waals surface area contributed by atoms with Crippen LogP contribution in [0, 0.1) is 12.8 Å². The van der Waals surface area contributed by atoms with E-state index in [2.05, 4.69) is 77.6 Å². The van der Waals surface area contributed by atoms with Gasteiger partial charge in [-0.05, 0) is 74.5 Å². The highest BCUT2D eigenvalue weighted by molar-refractivity contribution is 5.93. The Morgan fingerprint density at radius 1 is 1.10 bits per heavy atom. The molecule has 4 rings (SSSR count). The van der Waals surface area contributed by atoms with Gasteiger partial charge < -0.3 is 15.1 Å². The van der Waals surface area contributed by atoms with Crippen molar-refractivity contribution in [3.05, 3.63) is 65.2 Å². The number of nitrogens with zero attached hydrogens (tertiary/aromatic N) is 3. The van der Waals surface area contributed by atoms with Crippen LogP contribution in [-0.2, 0) is 13.0 Å². The smallest absolute Gasteiger partial charge is 0.321 e. The van der Waals surface area contributed by atoms with Crippen molar-refractivity contribution >= 4 is 11.7 Å². The molecule has 2 saturated heterocycles. The quantitative estimate of drug-likeness (QED) is 0.704. The van der Waals surface area contributed by atoms with Crippen molar-refractivity contribution < 1.29 is 4.79 Å². The summed E-state index contributed by atoms with van der Waals surface area (Å²) in [5, 5.41) is 2.86. The number of hydrogen-bond acceptors (Lipinski definition) is 3. The average Bonchev–Trinajstić information content (AvgIpc) is 3.20. The number of anilines is 1.